The number of ketones is 1. The average molecular weight is 370 g/mol. The summed E-state index contributed by atoms with van der Waals surface area (Å²) in [5.41, 5.74) is 2.59. The van der Waals surface area contributed by atoms with Crippen molar-refractivity contribution in [1.82, 2.24) is 14.9 Å². The van der Waals surface area contributed by atoms with E-state index >= 15 is 0 Å². The maximum Gasteiger partial charge on any atom is 0.243 e. The molecule has 2 heterocycles. The van der Waals surface area contributed by atoms with Crippen LogP contribution < -0.4 is 5.01 Å². The fourth-order valence-corrected chi connectivity index (χ4v) is 3.90. The van der Waals surface area contributed by atoms with Crippen LogP contribution in [0.3, 0.4) is 0 Å². The molecule has 7 heteroatoms. The van der Waals surface area contributed by atoms with Gasteiger partial charge in [-0.15, -0.1) is 10.2 Å². The number of Topliss-reactive ketones (excluding diaryl/α,β-unsaturated/α-hetero) is 1. The summed E-state index contributed by atoms with van der Waals surface area (Å²) in [6.45, 7) is 11.2. The van der Waals surface area contributed by atoms with Crippen molar-refractivity contribution < 1.29 is 9.59 Å². The number of hydrogen-bond acceptors (Lipinski definition) is 5. The van der Waals surface area contributed by atoms with Crippen LogP contribution in [0.4, 0.5) is 0 Å². The highest BCUT2D eigenvalue weighted by Crippen LogP contribution is 2.40. The molecule has 0 atom stereocenters. The molecule has 136 valence electrons. The first-order valence-corrected chi connectivity index (χ1v) is 9.20. The Labute approximate surface area is 157 Å². The summed E-state index contributed by atoms with van der Waals surface area (Å²) in [4.78, 5) is 25.3. The molecule has 1 aromatic heterocycles. The number of carbonyl (C=O) groups is 2. The van der Waals surface area contributed by atoms with Gasteiger partial charge in [0.05, 0.1) is 10.6 Å². The number of hydrogen-bond donors (Lipinski definition) is 0. The number of aromatic nitrogens is 3. The Kier molecular flexibility index (Phi) is 4.52. The highest BCUT2D eigenvalue weighted by Gasteiger charge is 2.34. The highest BCUT2D eigenvalue weighted by atomic mass is 32.2. The lowest BCUT2D eigenvalue weighted by atomic mass is 9.86. The van der Waals surface area contributed by atoms with E-state index in [-0.39, 0.29) is 17.1 Å². The van der Waals surface area contributed by atoms with E-state index in [4.69, 9.17) is 0 Å². The van der Waals surface area contributed by atoms with Gasteiger partial charge in [0, 0.05) is 12.5 Å². The van der Waals surface area contributed by atoms with E-state index in [2.05, 4.69) is 31.0 Å². The molecule has 6 nitrogen and oxygen atoms in total. The largest absolute Gasteiger partial charge is 0.294 e. The van der Waals surface area contributed by atoms with Gasteiger partial charge in [0.1, 0.15) is 0 Å². The second-order valence-electron chi connectivity index (χ2n) is 7.34. The molecular weight excluding hydrogens is 348 g/mol. The zero-order valence-corrected chi connectivity index (χ0v) is 16.6. The lowest BCUT2D eigenvalue weighted by Crippen LogP contribution is -2.41. The van der Waals surface area contributed by atoms with Crippen molar-refractivity contribution in [3.8, 4) is 0 Å². The van der Waals surface area contributed by atoms with Crippen molar-refractivity contribution in [2.75, 3.05) is 5.01 Å². The van der Waals surface area contributed by atoms with Crippen molar-refractivity contribution in [3.63, 3.8) is 0 Å². The molecule has 0 bridgehead atoms. The molecule has 0 aliphatic carbocycles. The van der Waals surface area contributed by atoms with E-state index in [1.54, 1.807) is 11.6 Å². The molecule has 0 spiro atoms. The van der Waals surface area contributed by atoms with Crippen LogP contribution in [0.15, 0.2) is 34.3 Å². The number of nitrogens with zero attached hydrogens (tertiary/aromatic N) is 4. The lowest BCUT2D eigenvalue weighted by Gasteiger charge is -2.32. The van der Waals surface area contributed by atoms with Crippen LogP contribution in [0, 0.1) is 6.92 Å². The molecule has 0 saturated heterocycles. The number of amides is 1. The van der Waals surface area contributed by atoms with Crippen LogP contribution in [0.1, 0.15) is 51.6 Å². The summed E-state index contributed by atoms with van der Waals surface area (Å²) in [5.74, 6) is 0.278. The maximum atomic E-state index is 12.5. The predicted molar refractivity (Wildman–Crippen MR) is 102 cm³/mol. The Morgan fingerprint density at radius 1 is 1.04 bits per heavy atom. The van der Waals surface area contributed by atoms with E-state index in [9.17, 15) is 9.59 Å². The van der Waals surface area contributed by atoms with E-state index in [0.29, 0.717) is 21.6 Å². The molecule has 26 heavy (non-hydrogen) atoms. The smallest absolute Gasteiger partial charge is 0.243 e. The minimum absolute atomic E-state index is 0.0237. The Morgan fingerprint density at radius 3 is 2.15 bits per heavy atom. The molecule has 2 aromatic rings. The van der Waals surface area contributed by atoms with Crippen molar-refractivity contribution in [2.24, 2.45) is 0 Å². The van der Waals surface area contributed by atoms with Crippen molar-refractivity contribution in [1.29, 1.82) is 0 Å². The summed E-state index contributed by atoms with van der Waals surface area (Å²) in [7, 11) is 0. The van der Waals surface area contributed by atoms with Crippen LogP contribution in [0.5, 0.6) is 0 Å². The van der Waals surface area contributed by atoms with E-state index in [0.717, 1.165) is 5.56 Å². The fraction of sp³-hybridized carbons (Fsp3) is 0.368. The average Bonchev–Trinajstić information content (AvgIpc) is 2.93. The maximum absolute atomic E-state index is 12.5. The lowest BCUT2D eigenvalue weighted by molar-refractivity contribution is -0.117. The topological polar surface area (TPSA) is 68.1 Å². The second kappa shape index (κ2) is 6.39. The number of allylic oxidation sites excluding steroid dienone is 1. The Balaban J connectivity index is 2.21. The summed E-state index contributed by atoms with van der Waals surface area (Å²) in [5, 5.41) is 10.2. The molecule has 1 aromatic carbocycles. The number of benzene rings is 1. The molecule has 1 amide bonds. The third kappa shape index (κ3) is 3.07. The second-order valence-corrected chi connectivity index (χ2v) is 8.31. The van der Waals surface area contributed by atoms with E-state index in [1.807, 2.05) is 24.3 Å². The summed E-state index contributed by atoms with van der Waals surface area (Å²) in [6.07, 6.45) is 0. The molecule has 0 saturated carbocycles. The van der Waals surface area contributed by atoms with Gasteiger partial charge in [-0.3, -0.25) is 9.59 Å². The monoisotopic (exact) mass is 370 g/mol. The van der Waals surface area contributed by atoms with Gasteiger partial charge in [-0.25, -0.2) is 9.69 Å². The SMILES string of the molecule is CC(=O)C1=C(c2ccc(C(C)(C)C)cc2)N(C(C)=O)n2c(C)nnc2S1. The third-order valence-corrected chi connectivity index (χ3v) is 5.35. The normalized spacial score (nSPS) is 14.5. The quantitative estimate of drug-likeness (QED) is 0.810. The Bertz CT molecular complexity index is 920. The van der Waals surface area contributed by atoms with Gasteiger partial charge in [0.2, 0.25) is 11.1 Å². The summed E-state index contributed by atoms with van der Waals surface area (Å²) >= 11 is 1.25. The van der Waals surface area contributed by atoms with Crippen molar-refractivity contribution in [3.05, 3.63) is 46.1 Å². The van der Waals surface area contributed by atoms with Gasteiger partial charge in [-0.1, -0.05) is 45.0 Å². The van der Waals surface area contributed by atoms with E-state index < -0.39 is 0 Å². The van der Waals surface area contributed by atoms with Crippen LogP contribution in [0.2, 0.25) is 0 Å². The Morgan fingerprint density at radius 2 is 1.65 bits per heavy atom. The van der Waals surface area contributed by atoms with Gasteiger partial charge in [-0.05, 0) is 36.6 Å². The van der Waals surface area contributed by atoms with E-state index in [1.165, 1.54) is 36.2 Å². The number of fused-ring (bicyclic) bond motifs is 1. The zero-order valence-electron chi connectivity index (χ0n) is 15.8. The van der Waals surface area contributed by atoms with Crippen molar-refractivity contribution in [2.45, 2.75) is 52.1 Å². The highest BCUT2D eigenvalue weighted by molar-refractivity contribution is 8.04. The van der Waals surface area contributed by atoms with Gasteiger partial charge in [0.25, 0.3) is 0 Å². The Hall–Kier alpha value is -2.41. The minimum Gasteiger partial charge on any atom is -0.294 e. The first-order chi connectivity index (χ1) is 12.1. The van der Waals surface area contributed by atoms with Gasteiger partial charge in [-0.2, -0.15) is 0 Å². The third-order valence-electron chi connectivity index (χ3n) is 4.23. The summed E-state index contributed by atoms with van der Waals surface area (Å²) < 4.78 is 1.66. The van der Waals surface area contributed by atoms with Gasteiger partial charge >= 0.3 is 0 Å². The van der Waals surface area contributed by atoms with Gasteiger partial charge < -0.3 is 0 Å². The summed E-state index contributed by atoms with van der Waals surface area (Å²) in [6, 6.07) is 8.00. The molecule has 0 fully saturated rings. The van der Waals surface area contributed by atoms with Gasteiger partial charge in [0.15, 0.2) is 11.6 Å². The molecule has 0 radical (unpaired) electrons. The molecular formula is C19H22N4O2S. The van der Waals surface area contributed by atoms with Crippen molar-refractivity contribution >= 4 is 29.1 Å². The van der Waals surface area contributed by atoms with Crippen LogP contribution in [0.25, 0.3) is 5.70 Å². The minimum atomic E-state index is -0.205. The van der Waals surface area contributed by atoms with Crippen LogP contribution in [-0.2, 0) is 15.0 Å². The number of thioether (sulfide) groups is 1. The first kappa shape index (κ1) is 18.4. The molecule has 3 rings (SSSR count). The number of rotatable bonds is 2. The molecule has 0 unspecified atom stereocenters. The molecule has 0 N–H and O–H groups in total. The molecule has 1 aliphatic rings. The predicted octanol–water partition coefficient (Wildman–Crippen LogP) is 3.43. The fourth-order valence-electron chi connectivity index (χ4n) is 2.89. The first-order valence-electron chi connectivity index (χ1n) is 8.38. The van der Waals surface area contributed by atoms with Crippen LogP contribution in [-0.4, -0.2) is 26.6 Å². The number of carbonyl (C=O) groups excluding carboxylic acids is 2. The van der Waals surface area contributed by atoms with Crippen LogP contribution >= 0.6 is 11.8 Å². The molecule has 1 aliphatic heterocycles. The zero-order chi connectivity index (χ0) is 19.2. The standard InChI is InChI=1S/C19H22N4O2S/c1-11(24)17-16(14-7-9-15(10-8-14)19(4,5)6)23(13(3)25)22-12(2)20-21-18(22)26-17/h7-10H,1-6H3. The number of aryl methyl sites for hydroxylation is 1.